The van der Waals surface area contributed by atoms with Crippen molar-refractivity contribution in [2.45, 2.75) is 24.8 Å². The Morgan fingerprint density at radius 1 is 1.00 bits per heavy atom. The minimum atomic E-state index is -3.56. The van der Waals surface area contributed by atoms with Gasteiger partial charge in [0.2, 0.25) is 5.91 Å². The van der Waals surface area contributed by atoms with Gasteiger partial charge in [-0.05, 0) is 42.8 Å². The van der Waals surface area contributed by atoms with Crippen LogP contribution in [-0.4, -0.2) is 30.0 Å². The van der Waals surface area contributed by atoms with Crippen LogP contribution in [0, 0.1) is 6.92 Å². The SMILES string of the molecule is Cc1cccc2sc(N(Cc3ccccn3)C(=O)CCS(=O)(=O)c3ccccc3)nc12. The number of aromatic nitrogens is 2. The fourth-order valence-corrected chi connectivity index (χ4v) is 5.52. The van der Waals surface area contributed by atoms with Crippen molar-refractivity contribution in [3.05, 3.63) is 84.2 Å². The van der Waals surface area contributed by atoms with Crippen molar-refractivity contribution in [2.24, 2.45) is 0 Å². The Kier molecular flexibility index (Phi) is 6.11. The van der Waals surface area contributed by atoms with Crippen molar-refractivity contribution in [1.82, 2.24) is 9.97 Å². The predicted molar refractivity (Wildman–Crippen MR) is 123 cm³/mol. The first-order valence-corrected chi connectivity index (χ1v) is 12.3. The van der Waals surface area contributed by atoms with Gasteiger partial charge in [-0.25, -0.2) is 13.4 Å². The van der Waals surface area contributed by atoms with Crippen LogP contribution < -0.4 is 4.90 Å². The summed E-state index contributed by atoms with van der Waals surface area (Å²) in [7, 11) is -3.56. The van der Waals surface area contributed by atoms with Crippen LogP contribution in [0.15, 0.2) is 77.8 Å². The first-order chi connectivity index (χ1) is 14.9. The number of rotatable bonds is 7. The maximum atomic E-state index is 13.2. The zero-order chi connectivity index (χ0) is 21.8. The largest absolute Gasteiger partial charge is 0.282 e. The zero-order valence-corrected chi connectivity index (χ0v) is 18.6. The van der Waals surface area contributed by atoms with Crippen LogP contribution in [0.2, 0.25) is 0 Å². The van der Waals surface area contributed by atoms with Crippen LogP contribution in [0.3, 0.4) is 0 Å². The van der Waals surface area contributed by atoms with Gasteiger partial charge in [-0.1, -0.05) is 47.7 Å². The van der Waals surface area contributed by atoms with Crippen LogP contribution in [0.4, 0.5) is 5.13 Å². The lowest BCUT2D eigenvalue weighted by Gasteiger charge is -2.19. The lowest BCUT2D eigenvalue weighted by Crippen LogP contribution is -2.32. The summed E-state index contributed by atoms with van der Waals surface area (Å²) in [5.74, 6) is -0.569. The number of pyridine rings is 1. The van der Waals surface area contributed by atoms with E-state index in [2.05, 4.69) is 9.97 Å². The number of nitrogens with zero attached hydrogens (tertiary/aromatic N) is 3. The number of para-hydroxylation sites is 1. The van der Waals surface area contributed by atoms with Crippen LogP contribution in [0.1, 0.15) is 17.7 Å². The summed E-state index contributed by atoms with van der Waals surface area (Å²) in [6, 6.07) is 19.6. The molecule has 0 aliphatic heterocycles. The number of anilines is 1. The number of fused-ring (bicyclic) bond motifs is 1. The highest BCUT2D eigenvalue weighted by Crippen LogP contribution is 2.31. The molecule has 2 aromatic carbocycles. The van der Waals surface area contributed by atoms with E-state index in [-0.39, 0.29) is 29.5 Å². The highest BCUT2D eigenvalue weighted by atomic mass is 32.2. The number of benzene rings is 2. The molecule has 0 spiro atoms. The van der Waals surface area contributed by atoms with E-state index in [1.807, 2.05) is 43.3 Å². The second kappa shape index (κ2) is 8.95. The molecule has 6 nitrogen and oxygen atoms in total. The van der Waals surface area contributed by atoms with E-state index in [1.54, 1.807) is 36.5 Å². The lowest BCUT2D eigenvalue weighted by atomic mass is 10.2. The fourth-order valence-electron chi connectivity index (χ4n) is 3.21. The molecule has 0 bridgehead atoms. The standard InChI is InChI=1S/C23H21N3O3S2/c1-17-8-7-12-20-22(17)25-23(30-20)26(16-18-9-5-6-14-24-18)21(27)13-15-31(28,29)19-10-3-2-4-11-19/h2-12,14H,13,15-16H2,1H3. The molecular weight excluding hydrogens is 430 g/mol. The molecule has 4 rings (SSSR count). The summed E-state index contributed by atoms with van der Waals surface area (Å²) >= 11 is 1.41. The van der Waals surface area contributed by atoms with Gasteiger partial charge in [-0.15, -0.1) is 0 Å². The molecule has 0 saturated carbocycles. The van der Waals surface area contributed by atoms with Crippen molar-refractivity contribution >= 4 is 42.4 Å². The van der Waals surface area contributed by atoms with Crippen molar-refractivity contribution in [1.29, 1.82) is 0 Å². The summed E-state index contributed by atoms with van der Waals surface area (Å²) in [6.07, 6.45) is 1.53. The Hall–Kier alpha value is -3.10. The molecule has 31 heavy (non-hydrogen) atoms. The van der Waals surface area contributed by atoms with Gasteiger partial charge in [0.05, 0.1) is 33.1 Å². The highest BCUT2D eigenvalue weighted by molar-refractivity contribution is 7.91. The number of hydrogen-bond acceptors (Lipinski definition) is 6. The van der Waals surface area contributed by atoms with Crippen LogP contribution in [0.5, 0.6) is 0 Å². The van der Waals surface area contributed by atoms with Gasteiger partial charge in [0.25, 0.3) is 0 Å². The number of carbonyl (C=O) groups is 1. The average Bonchev–Trinajstić information content (AvgIpc) is 3.23. The Bertz CT molecular complexity index is 1300. The Morgan fingerprint density at radius 2 is 1.77 bits per heavy atom. The molecule has 2 heterocycles. The number of sulfone groups is 1. The molecule has 0 atom stereocenters. The molecule has 2 aromatic heterocycles. The molecule has 0 radical (unpaired) electrons. The third-order valence-corrected chi connectivity index (χ3v) is 7.65. The van der Waals surface area contributed by atoms with E-state index in [1.165, 1.54) is 16.2 Å². The first kappa shape index (κ1) is 21.1. The lowest BCUT2D eigenvalue weighted by molar-refractivity contribution is -0.118. The molecule has 0 saturated heterocycles. The third-order valence-electron chi connectivity index (χ3n) is 4.87. The molecule has 158 valence electrons. The van der Waals surface area contributed by atoms with Gasteiger partial charge in [-0.2, -0.15) is 0 Å². The van der Waals surface area contributed by atoms with E-state index in [4.69, 9.17) is 0 Å². The average molecular weight is 452 g/mol. The van der Waals surface area contributed by atoms with Crippen LogP contribution >= 0.6 is 11.3 Å². The molecule has 0 aliphatic rings. The minimum Gasteiger partial charge on any atom is -0.282 e. The van der Waals surface area contributed by atoms with E-state index in [0.29, 0.717) is 10.8 Å². The van der Waals surface area contributed by atoms with Crippen molar-refractivity contribution in [3.8, 4) is 0 Å². The zero-order valence-electron chi connectivity index (χ0n) is 16.9. The summed E-state index contributed by atoms with van der Waals surface area (Å²) in [5.41, 5.74) is 2.58. The van der Waals surface area contributed by atoms with Gasteiger partial charge >= 0.3 is 0 Å². The molecular formula is C23H21N3O3S2. The van der Waals surface area contributed by atoms with E-state index in [9.17, 15) is 13.2 Å². The smallest absolute Gasteiger partial charge is 0.230 e. The second-order valence-electron chi connectivity index (χ2n) is 7.10. The Labute approximate surface area is 185 Å². The van der Waals surface area contributed by atoms with Gasteiger partial charge in [0.15, 0.2) is 15.0 Å². The van der Waals surface area contributed by atoms with E-state index >= 15 is 0 Å². The minimum absolute atomic E-state index is 0.140. The fraction of sp³-hybridized carbons (Fsp3) is 0.174. The maximum absolute atomic E-state index is 13.2. The highest BCUT2D eigenvalue weighted by Gasteiger charge is 2.24. The predicted octanol–water partition coefficient (Wildman–Crippen LogP) is 4.40. The monoisotopic (exact) mass is 451 g/mol. The maximum Gasteiger partial charge on any atom is 0.230 e. The second-order valence-corrected chi connectivity index (χ2v) is 10.2. The number of thiazole rings is 1. The van der Waals surface area contributed by atoms with E-state index in [0.717, 1.165) is 15.8 Å². The topological polar surface area (TPSA) is 80.2 Å². The molecule has 4 aromatic rings. The van der Waals surface area contributed by atoms with Gasteiger partial charge in [0, 0.05) is 12.6 Å². The molecule has 8 heteroatoms. The van der Waals surface area contributed by atoms with Crippen molar-refractivity contribution in [3.63, 3.8) is 0 Å². The number of aryl methyl sites for hydroxylation is 1. The summed E-state index contributed by atoms with van der Waals surface area (Å²) < 4.78 is 26.3. The molecule has 1 amide bonds. The van der Waals surface area contributed by atoms with Gasteiger partial charge < -0.3 is 0 Å². The van der Waals surface area contributed by atoms with Crippen LogP contribution in [-0.2, 0) is 21.2 Å². The number of carbonyl (C=O) groups excluding carboxylic acids is 1. The first-order valence-electron chi connectivity index (χ1n) is 9.78. The van der Waals surface area contributed by atoms with E-state index < -0.39 is 9.84 Å². The van der Waals surface area contributed by atoms with Crippen molar-refractivity contribution in [2.75, 3.05) is 10.7 Å². The molecule has 0 aliphatic carbocycles. The Balaban J connectivity index is 1.62. The van der Waals surface area contributed by atoms with Gasteiger partial charge in [-0.3, -0.25) is 14.7 Å². The molecule has 0 fully saturated rings. The quantitative estimate of drug-likeness (QED) is 0.416. The van der Waals surface area contributed by atoms with Crippen LogP contribution in [0.25, 0.3) is 10.2 Å². The molecule has 0 N–H and O–H groups in total. The molecule has 0 unspecified atom stereocenters. The summed E-state index contributed by atoms with van der Waals surface area (Å²) in [5, 5.41) is 0.539. The normalized spacial score (nSPS) is 11.5. The summed E-state index contributed by atoms with van der Waals surface area (Å²) in [6.45, 7) is 2.20. The Morgan fingerprint density at radius 3 is 2.48 bits per heavy atom. The van der Waals surface area contributed by atoms with Gasteiger partial charge in [0.1, 0.15) is 0 Å². The third kappa shape index (κ3) is 4.81. The number of hydrogen-bond donors (Lipinski definition) is 0. The van der Waals surface area contributed by atoms with Crippen molar-refractivity contribution < 1.29 is 13.2 Å². The summed E-state index contributed by atoms with van der Waals surface area (Å²) in [4.78, 5) is 23.9. The number of amides is 1.